The van der Waals surface area contributed by atoms with E-state index in [9.17, 15) is 14.0 Å². The molecule has 0 atom stereocenters. The summed E-state index contributed by atoms with van der Waals surface area (Å²) in [6.07, 6.45) is 1.47. The molecular weight excluding hydrogens is 441 g/mol. The third-order valence-electron chi connectivity index (χ3n) is 4.66. The fourth-order valence-electron chi connectivity index (χ4n) is 2.86. The lowest BCUT2D eigenvalue weighted by atomic mass is 10.2. The van der Waals surface area contributed by atoms with Crippen molar-refractivity contribution in [1.82, 2.24) is 10.7 Å². The number of nitrogens with zero attached hydrogens (tertiary/aromatic N) is 1. The van der Waals surface area contributed by atoms with Crippen molar-refractivity contribution in [3.05, 3.63) is 89.2 Å². The Hall–Kier alpha value is -4.40. The second-order valence-electron chi connectivity index (χ2n) is 7.03. The van der Waals surface area contributed by atoms with Crippen LogP contribution in [0, 0.1) is 5.82 Å². The monoisotopic (exact) mass is 465 g/mol. The van der Waals surface area contributed by atoms with Crippen LogP contribution < -0.4 is 25.0 Å². The number of methoxy groups -OCH3 is 2. The summed E-state index contributed by atoms with van der Waals surface area (Å²) in [5.41, 5.74) is 4.28. The maximum atomic E-state index is 12.9. The lowest BCUT2D eigenvalue weighted by molar-refractivity contribution is -0.120. The molecule has 3 rings (SSSR count). The van der Waals surface area contributed by atoms with Gasteiger partial charge < -0.3 is 19.5 Å². The Morgan fingerprint density at radius 3 is 2.32 bits per heavy atom. The van der Waals surface area contributed by atoms with Gasteiger partial charge in [-0.3, -0.25) is 9.59 Å². The zero-order valence-electron chi connectivity index (χ0n) is 18.7. The summed E-state index contributed by atoms with van der Waals surface area (Å²) in [5, 5.41) is 6.40. The molecule has 0 fully saturated rings. The number of hydrogen-bond donors (Lipinski definition) is 2. The van der Waals surface area contributed by atoms with Crippen LogP contribution in [0.5, 0.6) is 17.2 Å². The van der Waals surface area contributed by atoms with Gasteiger partial charge in [0.2, 0.25) is 0 Å². The molecule has 9 heteroatoms. The number of amides is 2. The van der Waals surface area contributed by atoms with Crippen LogP contribution in [-0.2, 0) is 11.4 Å². The molecule has 0 aromatic heterocycles. The number of rotatable bonds is 10. The highest BCUT2D eigenvalue weighted by Gasteiger charge is 2.11. The number of benzene rings is 3. The van der Waals surface area contributed by atoms with Crippen molar-refractivity contribution < 1.29 is 28.2 Å². The zero-order chi connectivity index (χ0) is 24.3. The van der Waals surface area contributed by atoms with E-state index in [1.54, 1.807) is 48.5 Å². The molecular formula is C25H24FN3O5. The van der Waals surface area contributed by atoms with E-state index >= 15 is 0 Å². The first kappa shape index (κ1) is 24.2. The van der Waals surface area contributed by atoms with Crippen LogP contribution in [0.1, 0.15) is 21.5 Å². The van der Waals surface area contributed by atoms with Crippen LogP contribution in [-0.4, -0.2) is 38.8 Å². The summed E-state index contributed by atoms with van der Waals surface area (Å²) < 4.78 is 28.9. The van der Waals surface area contributed by atoms with Crippen LogP contribution in [0.2, 0.25) is 0 Å². The number of carbonyl (C=O) groups is 2. The quantitative estimate of drug-likeness (QED) is 0.354. The van der Waals surface area contributed by atoms with Gasteiger partial charge in [-0.15, -0.1) is 0 Å². The van der Waals surface area contributed by atoms with Gasteiger partial charge in [-0.05, 0) is 65.7 Å². The molecule has 0 bridgehead atoms. The minimum atomic E-state index is -0.482. The highest BCUT2D eigenvalue weighted by Crippen LogP contribution is 2.27. The van der Waals surface area contributed by atoms with E-state index in [4.69, 9.17) is 14.2 Å². The number of nitrogens with one attached hydrogen (secondary N) is 2. The van der Waals surface area contributed by atoms with Gasteiger partial charge in [-0.1, -0.05) is 12.1 Å². The Kier molecular flexibility index (Phi) is 8.56. The Labute approximate surface area is 196 Å². The highest BCUT2D eigenvalue weighted by molar-refractivity contribution is 5.97. The molecule has 0 radical (unpaired) electrons. The van der Waals surface area contributed by atoms with Crippen molar-refractivity contribution in [3.63, 3.8) is 0 Å². The Balaban J connectivity index is 1.42. The van der Waals surface area contributed by atoms with Gasteiger partial charge >= 0.3 is 0 Å². The molecule has 0 saturated carbocycles. The predicted octanol–water partition coefficient (Wildman–Crippen LogP) is 3.30. The standard InChI is InChI=1S/C25H24FN3O5/c1-32-22-12-7-19(13-23(22)33-2)25(31)27-15-24(30)29-28-14-17-5-10-21(11-6-17)34-16-18-3-8-20(26)9-4-18/h3-14H,15-16H2,1-2H3,(H,27,31)(H,29,30). The second-order valence-corrected chi connectivity index (χ2v) is 7.03. The van der Waals surface area contributed by atoms with E-state index in [-0.39, 0.29) is 12.4 Å². The lowest BCUT2D eigenvalue weighted by Crippen LogP contribution is -2.34. The molecule has 34 heavy (non-hydrogen) atoms. The largest absolute Gasteiger partial charge is 0.493 e. The second kappa shape index (κ2) is 12.0. The van der Waals surface area contributed by atoms with Crippen molar-refractivity contribution in [2.24, 2.45) is 5.10 Å². The molecule has 3 aromatic carbocycles. The SMILES string of the molecule is COc1ccc(C(=O)NCC(=O)NN=Cc2ccc(OCc3ccc(F)cc3)cc2)cc1OC. The third-order valence-corrected chi connectivity index (χ3v) is 4.66. The van der Waals surface area contributed by atoms with Crippen LogP contribution in [0.4, 0.5) is 4.39 Å². The molecule has 0 aliphatic rings. The van der Waals surface area contributed by atoms with E-state index in [0.717, 1.165) is 11.1 Å². The fraction of sp³-hybridized carbons (Fsp3) is 0.160. The molecule has 0 heterocycles. The van der Waals surface area contributed by atoms with Crippen molar-refractivity contribution in [2.75, 3.05) is 20.8 Å². The van der Waals surface area contributed by atoms with Crippen LogP contribution >= 0.6 is 0 Å². The summed E-state index contributed by atoms with van der Waals surface area (Å²) >= 11 is 0. The average Bonchev–Trinajstić information content (AvgIpc) is 2.87. The molecule has 0 aliphatic carbocycles. The summed E-state index contributed by atoms with van der Waals surface area (Å²) in [4.78, 5) is 24.2. The van der Waals surface area contributed by atoms with E-state index in [0.29, 0.717) is 29.4 Å². The number of carbonyl (C=O) groups excluding carboxylic acids is 2. The van der Waals surface area contributed by atoms with E-state index in [1.807, 2.05) is 0 Å². The van der Waals surface area contributed by atoms with E-state index in [2.05, 4.69) is 15.8 Å². The molecule has 176 valence electrons. The summed E-state index contributed by atoms with van der Waals surface area (Å²) in [7, 11) is 2.97. The number of hydrogen-bond acceptors (Lipinski definition) is 6. The molecule has 2 N–H and O–H groups in total. The van der Waals surface area contributed by atoms with Gasteiger partial charge in [0, 0.05) is 5.56 Å². The lowest BCUT2D eigenvalue weighted by Gasteiger charge is -2.09. The van der Waals surface area contributed by atoms with Crippen molar-refractivity contribution in [3.8, 4) is 17.2 Å². The number of hydrazone groups is 1. The fourth-order valence-corrected chi connectivity index (χ4v) is 2.86. The average molecular weight is 465 g/mol. The molecule has 0 spiro atoms. The molecule has 0 aliphatic heterocycles. The number of ether oxygens (including phenoxy) is 3. The first-order valence-corrected chi connectivity index (χ1v) is 10.3. The van der Waals surface area contributed by atoms with Crippen LogP contribution in [0.25, 0.3) is 0 Å². The minimum Gasteiger partial charge on any atom is -0.493 e. The number of halogens is 1. The highest BCUT2D eigenvalue weighted by atomic mass is 19.1. The van der Waals surface area contributed by atoms with Gasteiger partial charge in [-0.25, -0.2) is 9.82 Å². The first-order valence-electron chi connectivity index (χ1n) is 10.3. The Morgan fingerprint density at radius 1 is 0.941 bits per heavy atom. The van der Waals surface area contributed by atoms with Gasteiger partial charge in [0.15, 0.2) is 11.5 Å². The molecule has 0 unspecified atom stereocenters. The topological polar surface area (TPSA) is 98.2 Å². The van der Waals surface area contributed by atoms with Crippen molar-refractivity contribution in [2.45, 2.75) is 6.61 Å². The first-order chi connectivity index (χ1) is 16.5. The van der Waals surface area contributed by atoms with Gasteiger partial charge in [0.05, 0.1) is 27.0 Å². The maximum absolute atomic E-state index is 12.9. The van der Waals surface area contributed by atoms with E-state index in [1.165, 1.54) is 38.6 Å². The molecule has 8 nitrogen and oxygen atoms in total. The van der Waals surface area contributed by atoms with Gasteiger partial charge in [0.25, 0.3) is 11.8 Å². The molecule has 2 amide bonds. The van der Waals surface area contributed by atoms with E-state index < -0.39 is 11.8 Å². The smallest absolute Gasteiger partial charge is 0.259 e. The zero-order valence-corrected chi connectivity index (χ0v) is 18.7. The van der Waals surface area contributed by atoms with Crippen LogP contribution in [0.3, 0.4) is 0 Å². The Morgan fingerprint density at radius 2 is 1.65 bits per heavy atom. The summed E-state index contributed by atoms with van der Waals surface area (Å²) in [6.45, 7) is 0.0689. The van der Waals surface area contributed by atoms with Crippen molar-refractivity contribution in [1.29, 1.82) is 0 Å². The predicted molar refractivity (Wildman–Crippen MR) is 125 cm³/mol. The maximum Gasteiger partial charge on any atom is 0.259 e. The van der Waals surface area contributed by atoms with Gasteiger partial charge in [0.1, 0.15) is 18.2 Å². The van der Waals surface area contributed by atoms with Crippen LogP contribution in [0.15, 0.2) is 71.8 Å². The van der Waals surface area contributed by atoms with Gasteiger partial charge in [-0.2, -0.15) is 5.10 Å². The normalized spacial score (nSPS) is 10.6. The summed E-state index contributed by atoms with van der Waals surface area (Å²) in [6, 6.07) is 17.9. The van der Waals surface area contributed by atoms with Crippen molar-refractivity contribution >= 4 is 18.0 Å². The molecule has 0 saturated heterocycles. The summed E-state index contributed by atoms with van der Waals surface area (Å²) in [5.74, 6) is 0.346. The Bertz CT molecular complexity index is 1150. The third kappa shape index (κ3) is 7.06. The molecule has 3 aromatic rings. The minimum absolute atomic E-state index is 0.249.